The second-order valence-electron chi connectivity index (χ2n) is 3.02. The first-order chi connectivity index (χ1) is 6.18. The van der Waals surface area contributed by atoms with Gasteiger partial charge in [-0.15, -0.1) is 0 Å². The van der Waals surface area contributed by atoms with Gasteiger partial charge in [-0.25, -0.2) is 0 Å². The number of hydrogen-bond donors (Lipinski definition) is 1. The zero-order valence-electron chi connectivity index (χ0n) is 7.21. The smallest absolute Gasteiger partial charge is 0.0752 e. The van der Waals surface area contributed by atoms with Crippen molar-refractivity contribution in [2.75, 3.05) is 5.73 Å². The van der Waals surface area contributed by atoms with Crippen LogP contribution in [0.4, 0.5) is 5.69 Å². The van der Waals surface area contributed by atoms with Gasteiger partial charge >= 0.3 is 0 Å². The Morgan fingerprint density at radius 1 is 1.38 bits per heavy atom. The van der Waals surface area contributed by atoms with Crippen LogP contribution in [0.3, 0.4) is 0 Å². The SMILES string of the molecule is Cc1ccc(N)c2cc(Br)cnc12. The summed E-state index contributed by atoms with van der Waals surface area (Å²) >= 11 is 3.37. The molecule has 1 aromatic carbocycles. The molecule has 0 aliphatic heterocycles. The molecule has 0 bridgehead atoms. The van der Waals surface area contributed by atoms with Crippen LogP contribution in [0.1, 0.15) is 5.56 Å². The van der Waals surface area contributed by atoms with E-state index in [0.29, 0.717) is 0 Å². The molecule has 3 heteroatoms. The third-order valence-electron chi connectivity index (χ3n) is 2.05. The third-order valence-corrected chi connectivity index (χ3v) is 2.49. The van der Waals surface area contributed by atoms with Crippen molar-refractivity contribution in [1.82, 2.24) is 4.98 Å². The topological polar surface area (TPSA) is 38.9 Å². The molecule has 0 fully saturated rings. The van der Waals surface area contributed by atoms with Crippen LogP contribution in [-0.4, -0.2) is 4.98 Å². The molecule has 2 nitrogen and oxygen atoms in total. The zero-order valence-corrected chi connectivity index (χ0v) is 8.80. The van der Waals surface area contributed by atoms with E-state index in [1.165, 1.54) is 0 Å². The number of aromatic nitrogens is 1. The minimum Gasteiger partial charge on any atom is -0.398 e. The molecule has 0 unspecified atom stereocenters. The summed E-state index contributed by atoms with van der Waals surface area (Å²) in [5.41, 5.74) is 8.73. The van der Waals surface area contributed by atoms with Gasteiger partial charge in [-0.05, 0) is 40.5 Å². The first-order valence-electron chi connectivity index (χ1n) is 3.99. The fraction of sp³-hybridized carbons (Fsp3) is 0.100. The van der Waals surface area contributed by atoms with Gasteiger partial charge in [0.25, 0.3) is 0 Å². The largest absolute Gasteiger partial charge is 0.398 e. The summed E-state index contributed by atoms with van der Waals surface area (Å²) in [6.45, 7) is 2.03. The zero-order chi connectivity index (χ0) is 9.42. The molecule has 0 amide bonds. The van der Waals surface area contributed by atoms with E-state index >= 15 is 0 Å². The molecule has 2 N–H and O–H groups in total. The predicted octanol–water partition coefficient (Wildman–Crippen LogP) is 2.89. The van der Waals surface area contributed by atoms with Gasteiger partial charge < -0.3 is 5.73 Å². The Kier molecular flexibility index (Phi) is 1.96. The molecule has 1 heterocycles. The number of aryl methyl sites for hydroxylation is 1. The first kappa shape index (κ1) is 8.51. The second kappa shape index (κ2) is 3.00. The Bertz CT molecular complexity index is 466. The highest BCUT2D eigenvalue weighted by Gasteiger charge is 2.02. The van der Waals surface area contributed by atoms with E-state index in [2.05, 4.69) is 20.9 Å². The van der Waals surface area contributed by atoms with Gasteiger partial charge in [-0.3, -0.25) is 4.98 Å². The van der Waals surface area contributed by atoms with Crippen molar-refractivity contribution in [3.05, 3.63) is 34.4 Å². The molecule has 0 aliphatic carbocycles. The highest BCUT2D eigenvalue weighted by molar-refractivity contribution is 9.10. The quantitative estimate of drug-likeness (QED) is 0.715. The number of nitrogens with two attached hydrogens (primary N) is 1. The fourth-order valence-corrected chi connectivity index (χ4v) is 1.69. The summed E-state index contributed by atoms with van der Waals surface area (Å²) in [6, 6.07) is 5.88. The molecule has 0 spiro atoms. The van der Waals surface area contributed by atoms with Crippen molar-refractivity contribution in [1.29, 1.82) is 0 Å². The van der Waals surface area contributed by atoms with Gasteiger partial charge in [-0.1, -0.05) is 6.07 Å². The summed E-state index contributed by atoms with van der Waals surface area (Å²) in [6.07, 6.45) is 1.79. The van der Waals surface area contributed by atoms with Gasteiger partial charge in [0.2, 0.25) is 0 Å². The van der Waals surface area contributed by atoms with E-state index in [4.69, 9.17) is 5.73 Å². The summed E-state index contributed by atoms with van der Waals surface area (Å²) < 4.78 is 0.956. The molecule has 0 radical (unpaired) electrons. The standard InChI is InChI=1S/C10H9BrN2/c1-6-2-3-9(12)8-4-7(11)5-13-10(6)8/h2-5H,12H2,1H3. The number of nitrogen functional groups attached to an aromatic ring is 1. The van der Waals surface area contributed by atoms with Crippen molar-refractivity contribution < 1.29 is 0 Å². The third kappa shape index (κ3) is 1.40. The van der Waals surface area contributed by atoms with Crippen LogP contribution in [0.25, 0.3) is 10.9 Å². The van der Waals surface area contributed by atoms with Crippen LogP contribution in [0.5, 0.6) is 0 Å². The summed E-state index contributed by atoms with van der Waals surface area (Å²) in [4.78, 5) is 4.31. The van der Waals surface area contributed by atoms with Gasteiger partial charge in [0.15, 0.2) is 0 Å². The normalized spacial score (nSPS) is 10.6. The number of rotatable bonds is 0. The lowest BCUT2D eigenvalue weighted by Gasteiger charge is -2.04. The summed E-state index contributed by atoms with van der Waals surface area (Å²) in [5, 5.41) is 1.01. The number of nitrogens with zero attached hydrogens (tertiary/aromatic N) is 1. The number of anilines is 1. The number of halogens is 1. The molecule has 13 heavy (non-hydrogen) atoms. The van der Waals surface area contributed by atoms with Crippen molar-refractivity contribution >= 4 is 32.5 Å². The van der Waals surface area contributed by atoms with Gasteiger partial charge in [0, 0.05) is 21.7 Å². The Balaban J connectivity index is 2.92. The molecule has 2 rings (SSSR count). The first-order valence-corrected chi connectivity index (χ1v) is 4.78. The molecule has 2 aromatic rings. The Morgan fingerprint density at radius 2 is 2.15 bits per heavy atom. The van der Waals surface area contributed by atoms with Gasteiger partial charge in [0.05, 0.1) is 5.52 Å². The molecule has 0 saturated carbocycles. The molecular weight excluding hydrogens is 228 g/mol. The number of pyridine rings is 1. The lowest BCUT2D eigenvalue weighted by Crippen LogP contribution is -1.90. The minimum absolute atomic E-state index is 0.773. The highest BCUT2D eigenvalue weighted by Crippen LogP contribution is 2.24. The van der Waals surface area contributed by atoms with Crippen molar-refractivity contribution in [3.63, 3.8) is 0 Å². The lowest BCUT2D eigenvalue weighted by atomic mass is 10.1. The van der Waals surface area contributed by atoms with E-state index < -0.39 is 0 Å². The minimum atomic E-state index is 0.773. The Morgan fingerprint density at radius 3 is 2.92 bits per heavy atom. The summed E-state index contributed by atoms with van der Waals surface area (Å²) in [5.74, 6) is 0. The number of fused-ring (bicyclic) bond motifs is 1. The van der Waals surface area contributed by atoms with Crippen molar-refractivity contribution in [2.45, 2.75) is 6.92 Å². The van der Waals surface area contributed by atoms with Crippen LogP contribution in [0.2, 0.25) is 0 Å². The monoisotopic (exact) mass is 236 g/mol. The molecule has 1 aromatic heterocycles. The van der Waals surface area contributed by atoms with Crippen LogP contribution < -0.4 is 5.73 Å². The number of hydrogen-bond acceptors (Lipinski definition) is 2. The summed E-state index contributed by atoms with van der Waals surface area (Å²) in [7, 11) is 0. The van der Waals surface area contributed by atoms with Crippen LogP contribution >= 0.6 is 15.9 Å². The van der Waals surface area contributed by atoms with Gasteiger partial charge in [0.1, 0.15) is 0 Å². The molecule has 0 saturated heterocycles. The number of benzene rings is 1. The lowest BCUT2D eigenvalue weighted by molar-refractivity contribution is 1.35. The molecule has 0 aliphatic rings. The van der Waals surface area contributed by atoms with E-state index in [0.717, 1.165) is 26.6 Å². The molecule has 0 atom stereocenters. The Hall–Kier alpha value is -1.09. The highest BCUT2D eigenvalue weighted by atomic mass is 79.9. The maximum atomic E-state index is 5.83. The van der Waals surface area contributed by atoms with Crippen LogP contribution in [-0.2, 0) is 0 Å². The van der Waals surface area contributed by atoms with Crippen molar-refractivity contribution in [3.8, 4) is 0 Å². The van der Waals surface area contributed by atoms with Crippen molar-refractivity contribution in [2.24, 2.45) is 0 Å². The average Bonchev–Trinajstić information content (AvgIpc) is 2.12. The van der Waals surface area contributed by atoms with E-state index in [1.54, 1.807) is 6.20 Å². The maximum absolute atomic E-state index is 5.83. The second-order valence-corrected chi connectivity index (χ2v) is 3.94. The Labute approximate surface area is 84.9 Å². The van der Waals surface area contributed by atoms with E-state index in [9.17, 15) is 0 Å². The predicted molar refractivity (Wildman–Crippen MR) is 58.6 cm³/mol. The van der Waals surface area contributed by atoms with Crippen LogP contribution in [0, 0.1) is 6.92 Å². The van der Waals surface area contributed by atoms with Crippen LogP contribution in [0.15, 0.2) is 28.9 Å². The fourth-order valence-electron chi connectivity index (χ4n) is 1.36. The van der Waals surface area contributed by atoms with E-state index in [-0.39, 0.29) is 0 Å². The van der Waals surface area contributed by atoms with Gasteiger partial charge in [-0.2, -0.15) is 0 Å². The maximum Gasteiger partial charge on any atom is 0.0752 e. The molecular formula is C10H9BrN2. The van der Waals surface area contributed by atoms with E-state index in [1.807, 2.05) is 25.1 Å². The average molecular weight is 237 g/mol. The molecule has 66 valence electrons.